The van der Waals surface area contributed by atoms with Crippen molar-refractivity contribution < 1.29 is 9.53 Å². The molecular weight excluding hydrogens is 192 g/mol. The van der Waals surface area contributed by atoms with Crippen molar-refractivity contribution in [2.45, 2.75) is 44.8 Å². The van der Waals surface area contributed by atoms with Gasteiger partial charge in [0.1, 0.15) is 0 Å². The van der Waals surface area contributed by atoms with Gasteiger partial charge >= 0.3 is 0 Å². The first kappa shape index (κ1) is 12.5. The monoisotopic (exact) mass is 214 g/mol. The van der Waals surface area contributed by atoms with Crippen LogP contribution < -0.4 is 10.6 Å². The zero-order valence-electron chi connectivity index (χ0n) is 9.93. The zero-order chi connectivity index (χ0) is 11.3. The summed E-state index contributed by atoms with van der Waals surface area (Å²) in [5, 5.41) is 5.99. The van der Waals surface area contributed by atoms with Gasteiger partial charge in [0.2, 0.25) is 5.91 Å². The van der Waals surface area contributed by atoms with E-state index in [1.54, 1.807) is 7.11 Å². The van der Waals surface area contributed by atoms with Gasteiger partial charge in [-0.15, -0.1) is 0 Å². The second-order valence-corrected chi connectivity index (χ2v) is 4.55. The van der Waals surface area contributed by atoms with Gasteiger partial charge in [-0.3, -0.25) is 4.79 Å². The van der Waals surface area contributed by atoms with Gasteiger partial charge < -0.3 is 15.4 Å². The van der Waals surface area contributed by atoms with Gasteiger partial charge in [-0.05, 0) is 19.3 Å². The van der Waals surface area contributed by atoms with Crippen LogP contribution in [0.1, 0.15) is 33.1 Å². The van der Waals surface area contributed by atoms with E-state index in [1.165, 1.54) is 6.42 Å². The smallest absolute Gasteiger partial charge is 0.234 e. The molecule has 0 aromatic rings. The van der Waals surface area contributed by atoms with Crippen molar-refractivity contribution >= 4 is 5.91 Å². The van der Waals surface area contributed by atoms with Gasteiger partial charge in [0.25, 0.3) is 0 Å². The molecule has 0 bridgehead atoms. The van der Waals surface area contributed by atoms with E-state index in [0.29, 0.717) is 19.1 Å². The van der Waals surface area contributed by atoms with E-state index in [-0.39, 0.29) is 11.5 Å². The predicted octanol–water partition coefficient (Wildman–Crippen LogP) is 0.670. The lowest BCUT2D eigenvalue weighted by Gasteiger charge is -2.40. The topological polar surface area (TPSA) is 50.4 Å². The minimum atomic E-state index is -0.0759. The van der Waals surface area contributed by atoms with Crippen molar-refractivity contribution in [2.75, 3.05) is 20.2 Å². The zero-order valence-corrected chi connectivity index (χ0v) is 9.93. The molecule has 1 fully saturated rings. The number of carbonyl (C=O) groups excluding carboxylic acids is 1. The summed E-state index contributed by atoms with van der Waals surface area (Å²) in [5.74, 6) is 0.0482. The number of rotatable bonds is 6. The summed E-state index contributed by atoms with van der Waals surface area (Å²) in [4.78, 5) is 11.4. The number of methoxy groups -OCH3 is 1. The molecule has 0 aromatic carbocycles. The van der Waals surface area contributed by atoms with Gasteiger partial charge in [0.15, 0.2) is 0 Å². The fraction of sp³-hybridized carbons (Fsp3) is 0.909. The molecule has 88 valence electrons. The highest BCUT2D eigenvalue weighted by Crippen LogP contribution is 2.34. The van der Waals surface area contributed by atoms with E-state index >= 15 is 0 Å². The number of ether oxygens (including phenoxy) is 1. The van der Waals surface area contributed by atoms with Crippen molar-refractivity contribution in [3.05, 3.63) is 0 Å². The second-order valence-electron chi connectivity index (χ2n) is 4.55. The normalized spacial score (nSPS) is 18.7. The fourth-order valence-electron chi connectivity index (χ4n) is 1.64. The largest absolute Gasteiger partial charge is 0.376 e. The molecule has 1 rings (SSSR count). The first-order valence-electron chi connectivity index (χ1n) is 5.63. The molecule has 2 N–H and O–H groups in total. The molecule has 4 heteroatoms. The summed E-state index contributed by atoms with van der Waals surface area (Å²) in [6, 6.07) is 0.343. The van der Waals surface area contributed by atoms with Crippen LogP contribution in [0, 0.1) is 0 Å². The third kappa shape index (κ3) is 3.80. The Hall–Kier alpha value is -0.610. The molecule has 0 unspecified atom stereocenters. The van der Waals surface area contributed by atoms with Crippen LogP contribution in [0.15, 0.2) is 0 Å². The molecule has 0 spiro atoms. The van der Waals surface area contributed by atoms with E-state index in [1.807, 2.05) is 13.8 Å². The fourth-order valence-corrected chi connectivity index (χ4v) is 1.64. The molecule has 15 heavy (non-hydrogen) atoms. The lowest BCUT2D eigenvalue weighted by Crippen LogP contribution is -2.50. The lowest BCUT2D eigenvalue weighted by molar-refractivity contribution is -0.124. The Morgan fingerprint density at radius 3 is 2.53 bits per heavy atom. The van der Waals surface area contributed by atoms with Gasteiger partial charge in [-0.25, -0.2) is 0 Å². The number of amides is 1. The Morgan fingerprint density at radius 2 is 2.13 bits per heavy atom. The van der Waals surface area contributed by atoms with Gasteiger partial charge in [0.05, 0.1) is 12.1 Å². The summed E-state index contributed by atoms with van der Waals surface area (Å²) < 4.78 is 5.41. The summed E-state index contributed by atoms with van der Waals surface area (Å²) in [5.41, 5.74) is -0.0759. The van der Waals surface area contributed by atoms with Crippen LogP contribution in [0.3, 0.4) is 0 Å². The van der Waals surface area contributed by atoms with Crippen LogP contribution in [0.25, 0.3) is 0 Å². The van der Waals surface area contributed by atoms with Crippen molar-refractivity contribution in [3.8, 4) is 0 Å². The first-order valence-corrected chi connectivity index (χ1v) is 5.63. The van der Waals surface area contributed by atoms with E-state index in [0.717, 1.165) is 12.8 Å². The van der Waals surface area contributed by atoms with Gasteiger partial charge in [-0.1, -0.05) is 13.8 Å². The Morgan fingerprint density at radius 1 is 1.47 bits per heavy atom. The highest BCUT2D eigenvalue weighted by molar-refractivity contribution is 5.78. The molecule has 0 aliphatic heterocycles. The second kappa shape index (κ2) is 5.47. The van der Waals surface area contributed by atoms with E-state index < -0.39 is 0 Å². The van der Waals surface area contributed by atoms with Crippen LogP contribution in [-0.4, -0.2) is 37.7 Å². The molecule has 1 aliphatic rings. The van der Waals surface area contributed by atoms with Crippen LogP contribution in [0.4, 0.5) is 0 Å². The quantitative estimate of drug-likeness (QED) is 0.683. The molecule has 1 amide bonds. The number of carbonyl (C=O) groups is 1. The van der Waals surface area contributed by atoms with E-state index in [9.17, 15) is 4.79 Å². The third-order valence-corrected chi connectivity index (χ3v) is 2.98. The minimum Gasteiger partial charge on any atom is -0.376 e. The molecule has 1 aliphatic carbocycles. The average Bonchev–Trinajstić information content (AvgIpc) is 2.14. The van der Waals surface area contributed by atoms with Crippen LogP contribution >= 0.6 is 0 Å². The highest BCUT2D eigenvalue weighted by atomic mass is 16.5. The van der Waals surface area contributed by atoms with Crippen molar-refractivity contribution in [1.82, 2.24) is 10.6 Å². The summed E-state index contributed by atoms with van der Waals surface area (Å²) in [6.07, 6.45) is 3.32. The molecule has 0 atom stereocenters. The molecule has 0 radical (unpaired) electrons. The standard InChI is InChI=1S/C11H22N2O2/c1-9(2)12-7-10(14)13-8-11(15-3)5-4-6-11/h9,12H,4-8H2,1-3H3,(H,13,14). The Balaban J connectivity index is 2.16. The Kier molecular flexibility index (Phi) is 4.54. The van der Waals surface area contributed by atoms with Gasteiger partial charge in [0, 0.05) is 19.7 Å². The van der Waals surface area contributed by atoms with Crippen LogP contribution in [0.2, 0.25) is 0 Å². The maximum atomic E-state index is 11.4. The summed E-state index contributed by atoms with van der Waals surface area (Å²) in [6.45, 7) is 5.07. The maximum Gasteiger partial charge on any atom is 0.234 e. The molecule has 0 saturated heterocycles. The van der Waals surface area contributed by atoms with Crippen LogP contribution in [-0.2, 0) is 9.53 Å². The van der Waals surface area contributed by atoms with Crippen molar-refractivity contribution in [2.24, 2.45) is 0 Å². The number of hydrogen-bond donors (Lipinski definition) is 2. The Bertz CT molecular complexity index is 207. The highest BCUT2D eigenvalue weighted by Gasteiger charge is 2.37. The predicted molar refractivity (Wildman–Crippen MR) is 59.7 cm³/mol. The lowest BCUT2D eigenvalue weighted by atomic mass is 9.80. The van der Waals surface area contributed by atoms with E-state index in [4.69, 9.17) is 4.74 Å². The van der Waals surface area contributed by atoms with Gasteiger partial charge in [-0.2, -0.15) is 0 Å². The average molecular weight is 214 g/mol. The SMILES string of the molecule is COC1(CNC(=O)CNC(C)C)CCC1. The summed E-state index contributed by atoms with van der Waals surface area (Å²) in [7, 11) is 1.72. The molecule has 1 saturated carbocycles. The maximum absolute atomic E-state index is 11.4. The van der Waals surface area contributed by atoms with Crippen molar-refractivity contribution in [1.29, 1.82) is 0 Å². The molecule has 0 aromatic heterocycles. The number of nitrogens with one attached hydrogen (secondary N) is 2. The summed E-state index contributed by atoms with van der Waals surface area (Å²) >= 11 is 0. The first-order chi connectivity index (χ1) is 7.08. The van der Waals surface area contributed by atoms with Crippen LogP contribution in [0.5, 0.6) is 0 Å². The number of hydrogen-bond acceptors (Lipinski definition) is 3. The minimum absolute atomic E-state index is 0.0482. The molecular formula is C11H22N2O2. The third-order valence-electron chi connectivity index (χ3n) is 2.98. The Labute approximate surface area is 91.8 Å². The molecule has 4 nitrogen and oxygen atoms in total. The molecule has 0 heterocycles. The van der Waals surface area contributed by atoms with E-state index in [2.05, 4.69) is 10.6 Å². The van der Waals surface area contributed by atoms with Crippen molar-refractivity contribution in [3.63, 3.8) is 0 Å².